The molecule has 0 aliphatic carbocycles. The number of halogens is 2. The van der Waals surface area contributed by atoms with Crippen LogP contribution in [0.3, 0.4) is 0 Å². The number of hydrogen-bond donors (Lipinski definition) is 1. The molecule has 0 saturated carbocycles. The second-order valence-corrected chi connectivity index (χ2v) is 7.50. The van der Waals surface area contributed by atoms with E-state index in [2.05, 4.69) is 9.71 Å². The molecule has 1 aliphatic heterocycles. The SMILES string of the molecule is CS(=O)(=O)NC1CCN(C(=O)c2cnc(Cl)c(Cl)c2)CC1. The Hall–Kier alpha value is -0.890. The highest BCUT2D eigenvalue weighted by molar-refractivity contribution is 7.88. The summed E-state index contributed by atoms with van der Waals surface area (Å²) in [5.41, 5.74) is 0.374. The van der Waals surface area contributed by atoms with E-state index < -0.39 is 10.0 Å². The van der Waals surface area contributed by atoms with Crippen molar-refractivity contribution in [1.82, 2.24) is 14.6 Å². The molecule has 0 bridgehead atoms. The molecule has 9 heteroatoms. The third-order valence-electron chi connectivity index (χ3n) is 3.21. The first-order valence-electron chi connectivity index (χ1n) is 6.34. The van der Waals surface area contributed by atoms with Crippen LogP contribution in [-0.2, 0) is 10.0 Å². The van der Waals surface area contributed by atoms with Crippen LogP contribution in [0.5, 0.6) is 0 Å². The fourth-order valence-corrected chi connectivity index (χ4v) is 3.33. The van der Waals surface area contributed by atoms with Gasteiger partial charge in [0.1, 0.15) is 5.15 Å². The molecule has 0 unspecified atom stereocenters. The van der Waals surface area contributed by atoms with E-state index in [1.54, 1.807) is 4.90 Å². The third kappa shape index (κ3) is 4.54. The van der Waals surface area contributed by atoms with Crippen molar-refractivity contribution in [2.75, 3.05) is 19.3 Å². The Morgan fingerprint density at radius 1 is 1.38 bits per heavy atom. The van der Waals surface area contributed by atoms with Crippen LogP contribution in [0.15, 0.2) is 12.3 Å². The van der Waals surface area contributed by atoms with Crippen LogP contribution in [0.4, 0.5) is 0 Å². The molecule has 0 spiro atoms. The lowest BCUT2D eigenvalue weighted by Crippen LogP contribution is -2.46. The summed E-state index contributed by atoms with van der Waals surface area (Å²) in [6.45, 7) is 0.957. The Balaban J connectivity index is 1.98. The maximum absolute atomic E-state index is 12.3. The molecule has 116 valence electrons. The molecule has 2 heterocycles. The molecule has 1 fully saturated rings. The molecule has 1 amide bonds. The van der Waals surface area contributed by atoms with Crippen molar-refractivity contribution >= 4 is 39.1 Å². The highest BCUT2D eigenvalue weighted by Gasteiger charge is 2.25. The van der Waals surface area contributed by atoms with Gasteiger partial charge < -0.3 is 4.90 Å². The minimum Gasteiger partial charge on any atom is -0.338 e. The smallest absolute Gasteiger partial charge is 0.255 e. The molecule has 0 radical (unpaired) electrons. The van der Waals surface area contributed by atoms with Crippen molar-refractivity contribution in [3.63, 3.8) is 0 Å². The number of aromatic nitrogens is 1. The topological polar surface area (TPSA) is 79.4 Å². The lowest BCUT2D eigenvalue weighted by atomic mass is 10.1. The fraction of sp³-hybridized carbons (Fsp3) is 0.500. The summed E-state index contributed by atoms with van der Waals surface area (Å²) in [6, 6.07) is 1.36. The Bertz CT molecular complexity index is 643. The molecule has 1 aliphatic rings. The number of piperidine rings is 1. The molecule has 1 N–H and O–H groups in total. The number of sulfonamides is 1. The normalized spacial score (nSPS) is 17.0. The number of carbonyl (C=O) groups excluding carboxylic acids is 1. The number of hydrogen-bond acceptors (Lipinski definition) is 4. The predicted octanol–water partition coefficient (Wildman–Crippen LogP) is 1.54. The van der Waals surface area contributed by atoms with Crippen molar-refractivity contribution in [2.24, 2.45) is 0 Å². The first kappa shape index (κ1) is 16.5. The number of pyridine rings is 1. The van der Waals surface area contributed by atoms with E-state index in [0.717, 1.165) is 6.26 Å². The first-order valence-corrected chi connectivity index (χ1v) is 8.98. The molecule has 1 saturated heterocycles. The Labute approximate surface area is 133 Å². The van der Waals surface area contributed by atoms with Crippen molar-refractivity contribution in [3.8, 4) is 0 Å². The summed E-state index contributed by atoms with van der Waals surface area (Å²) in [4.78, 5) is 17.8. The third-order valence-corrected chi connectivity index (χ3v) is 4.65. The zero-order valence-electron chi connectivity index (χ0n) is 11.3. The van der Waals surface area contributed by atoms with Gasteiger partial charge in [-0.1, -0.05) is 23.2 Å². The van der Waals surface area contributed by atoms with E-state index in [-0.39, 0.29) is 22.1 Å². The molecule has 21 heavy (non-hydrogen) atoms. The maximum Gasteiger partial charge on any atom is 0.255 e. The van der Waals surface area contributed by atoms with E-state index in [9.17, 15) is 13.2 Å². The van der Waals surface area contributed by atoms with Crippen molar-refractivity contribution in [1.29, 1.82) is 0 Å². The highest BCUT2D eigenvalue weighted by Crippen LogP contribution is 2.21. The summed E-state index contributed by atoms with van der Waals surface area (Å²) < 4.78 is 24.9. The standard InChI is InChI=1S/C12H15Cl2N3O3S/c1-21(19,20)16-9-2-4-17(5-3-9)12(18)8-6-10(13)11(14)15-7-8/h6-7,9,16H,2-5H2,1H3. The van der Waals surface area contributed by atoms with Gasteiger partial charge in [-0.15, -0.1) is 0 Å². The van der Waals surface area contributed by atoms with E-state index >= 15 is 0 Å². The van der Waals surface area contributed by atoms with Gasteiger partial charge in [-0.2, -0.15) is 0 Å². The predicted molar refractivity (Wildman–Crippen MR) is 81.2 cm³/mol. The number of amides is 1. The van der Waals surface area contributed by atoms with Crippen molar-refractivity contribution in [3.05, 3.63) is 28.0 Å². The fourth-order valence-electron chi connectivity index (χ4n) is 2.22. The largest absolute Gasteiger partial charge is 0.338 e. The van der Waals surface area contributed by atoms with E-state index in [0.29, 0.717) is 31.5 Å². The Kier molecular flexibility index (Phi) is 5.08. The van der Waals surface area contributed by atoms with Gasteiger partial charge in [-0.05, 0) is 18.9 Å². The van der Waals surface area contributed by atoms with Crippen LogP contribution >= 0.6 is 23.2 Å². The summed E-state index contributed by atoms with van der Waals surface area (Å²) >= 11 is 11.6. The monoisotopic (exact) mass is 351 g/mol. The van der Waals surface area contributed by atoms with Crippen molar-refractivity contribution in [2.45, 2.75) is 18.9 Å². The minimum atomic E-state index is -3.22. The van der Waals surface area contributed by atoms with E-state index in [1.807, 2.05) is 0 Å². The molecule has 1 aromatic rings. The quantitative estimate of drug-likeness (QED) is 0.837. The average Bonchev–Trinajstić information content (AvgIpc) is 2.40. The zero-order chi connectivity index (χ0) is 15.6. The zero-order valence-corrected chi connectivity index (χ0v) is 13.7. The number of likely N-dealkylation sites (tertiary alicyclic amines) is 1. The Morgan fingerprint density at radius 2 is 2.00 bits per heavy atom. The molecule has 0 atom stereocenters. The second kappa shape index (κ2) is 6.48. The van der Waals surface area contributed by atoms with Gasteiger partial charge in [0.2, 0.25) is 10.0 Å². The summed E-state index contributed by atoms with van der Waals surface area (Å²) in [7, 11) is -3.22. The lowest BCUT2D eigenvalue weighted by Gasteiger charge is -2.32. The lowest BCUT2D eigenvalue weighted by molar-refractivity contribution is 0.0711. The van der Waals surface area contributed by atoms with Gasteiger partial charge in [-0.25, -0.2) is 18.1 Å². The van der Waals surface area contributed by atoms with E-state index in [1.165, 1.54) is 12.3 Å². The van der Waals surface area contributed by atoms with Crippen LogP contribution in [0.25, 0.3) is 0 Å². The molecular formula is C12H15Cl2N3O3S. The van der Waals surface area contributed by atoms with Crippen LogP contribution in [-0.4, -0.2) is 49.6 Å². The summed E-state index contributed by atoms with van der Waals surface area (Å²) in [5, 5.41) is 0.389. The second-order valence-electron chi connectivity index (χ2n) is 4.95. The number of nitrogens with zero attached hydrogens (tertiary/aromatic N) is 2. The van der Waals surface area contributed by atoms with Gasteiger partial charge in [0.25, 0.3) is 5.91 Å². The maximum atomic E-state index is 12.3. The van der Waals surface area contributed by atoms with Gasteiger partial charge in [-0.3, -0.25) is 4.79 Å². The first-order chi connectivity index (χ1) is 9.76. The number of carbonyl (C=O) groups is 1. The minimum absolute atomic E-state index is 0.129. The van der Waals surface area contributed by atoms with Crippen LogP contribution in [0.1, 0.15) is 23.2 Å². The van der Waals surface area contributed by atoms with Crippen molar-refractivity contribution < 1.29 is 13.2 Å². The molecular weight excluding hydrogens is 337 g/mol. The van der Waals surface area contributed by atoms with Gasteiger partial charge >= 0.3 is 0 Å². The van der Waals surface area contributed by atoms with Gasteiger partial charge in [0.05, 0.1) is 16.8 Å². The number of nitrogens with one attached hydrogen (secondary N) is 1. The van der Waals surface area contributed by atoms with Crippen LogP contribution in [0.2, 0.25) is 10.2 Å². The van der Waals surface area contributed by atoms with Gasteiger partial charge in [0.15, 0.2) is 0 Å². The average molecular weight is 352 g/mol. The van der Waals surface area contributed by atoms with E-state index in [4.69, 9.17) is 23.2 Å². The molecule has 0 aromatic carbocycles. The Morgan fingerprint density at radius 3 is 2.52 bits per heavy atom. The highest BCUT2D eigenvalue weighted by atomic mass is 35.5. The molecule has 1 aromatic heterocycles. The summed E-state index contributed by atoms with van der Waals surface area (Å²) in [5.74, 6) is -0.182. The van der Waals surface area contributed by atoms with Crippen LogP contribution in [0, 0.1) is 0 Å². The molecule has 6 nitrogen and oxygen atoms in total. The van der Waals surface area contributed by atoms with Gasteiger partial charge in [0, 0.05) is 25.3 Å². The molecule has 2 rings (SSSR count). The summed E-state index contributed by atoms with van der Waals surface area (Å²) in [6.07, 6.45) is 3.67. The van der Waals surface area contributed by atoms with Crippen LogP contribution < -0.4 is 4.72 Å². The number of rotatable bonds is 3.